The van der Waals surface area contributed by atoms with E-state index in [-0.39, 0.29) is 19.3 Å². The molecular weight excluding hydrogens is 314 g/mol. The number of aromatic amines is 1. The number of rotatable bonds is 6. The number of H-pyrrole nitrogens is 1. The summed E-state index contributed by atoms with van der Waals surface area (Å²) in [5.41, 5.74) is 0.565. The zero-order valence-electron chi connectivity index (χ0n) is 11.6. The fourth-order valence-corrected chi connectivity index (χ4v) is 3.46. The highest BCUT2D eigenvalue weighted by molar-refractivity contribution is 7.86. The summed E-state index contributed by atoms with van der Waals surface area (Å²) in [6.07, 6.45) is 3.41. The molecule has 10 heteroatoms. The zero-order valence-corrected chi connectivity index (χ0v) is 12.4. The van der Waals surface area contributed by atoms with Crippen LogP contribution >= 0.6 is 0 Å². The van der Waals surface area contributed by atoms with Crippen molar-refractivity contribution in [3.05, 3.63) is 18.2 Å². The maximum Gasteiger partial charge on any atom is 0.326 e. The molecule has 1 aliphatic carbocycles. The lowest BCUT2D eigenvalue weighted by Crippen LogP contribution is -2.44. The molecule has 1 aromatic rings. The van der Waals surface area contributed by atoms with Crippen LogP contribution in [0.3, 0.4) is 0 Å². The Hall–Kier alpha value is -1.94. The van der Waals surface area contributed by atoms with Crippen LogP contribution in [0, 0.1) is 5.92 Å². The summed E-state index contributed by atoms with van der Waals surface area (Å²) in [6.45, 7) is 0. The third-order valence-corrected chi connectivity index (χ3v) is 5.04. The van der Waals surface area contributed by atoms with Crippen molar-refractivity contribution in [2.45, 2.75) is 37.0 Å². The highest BCUT2D eigenvalue weighted by atomic mass is 32.2. The number of carboxylic acid groups (broad SMARTS) is 1. The van der Waals surface area contributed by atoms with Crippen LogP contribution in [0.5, 0.6) is 0 Å². The minimum absolute atomic E-state index is 0.00105. The third kappa shape index (κ3) is 4.04. The summed E-state index contributed by atoms with van der Waals surface area (Å²) < 4.78 is 31.1. The number of hydrogen-bond acceptors (Lipinski definition) is 5. The summed E-state index contributed by atoms with van der Waals surface area (Å²) in [5, 5.41) is 10.6. The van der Waals surface area contributed by atoms with E-state index in [1.54, 1.807) is 0 Å². The van der Waals surface area contributed by atoms with E-state index >= 15 is 0 Å². The van der Waals surface area contributed by atoms with Gasteiger partial charge >= 0.3 is 5.97 Å². The summed E-state index contributed by atoms with van der Waals surface area (Å²) in [4.78, 5) is 29.8. The first kappa shape index (κ1) is 16.4. The molecule has 0 bridgehead atoms. The smallest absolute Gasteiger partial charge is 0.326 e. The number of nitrogens with one attached hydrogen (secondary N) is 2. The quantitative estimate of drug-likeness (QED) is 0.517. The summed E-state index contributed by atoms with van der Waals surface area (Å²) in [5.74, 6) is -2.32. The molecular formula is C12H17N3O6S. The monoisotopic (exact) mass is 331 g/mol. The number of aromatic nitrogens is 2. The molecule has 1 heterocycles. The molecule has 0 unspecified atom stereocenters. The molecule has 1 amide bonds. The average molecular weight is 331 g/mol. The van der Waals surface area contributed by atoms with Gasteiger partial charge in [0.05, 0.1) is 11.6 Å². The van der Waals surface area contributed by atoms with E-state index in [4.69, 9.17) is 9.66 Å². The van der Waals surface area contributed by atoms with Crippen LogP contribution in [0.1, 0.15) is 25.0 Å². The second-order valence-corrected chi connectivity index (χ2v) is 7.02. The SMILES string of the molecule is O=C(N[C@@H](Cc1cnc[nH]1)C(=O)O)[C@H]1CC[C@H](S(=O)(=O)O)C1. The molecule has 1 fully saturated rings. The van der Waals surface area contributed by atoms with E-state index < -0.39 is 39.2 Å². The van der Waals surface area contributed by atoms with Crippen LogP contribution in [0.4, 0.5) is 0 Å². The molecule has 0 aromatic carbocycles. The molecule has 9 nitrogen and oxygen atoms in total. The molecule has 0 spiro atoms. The maximum atomic E-state index is 12.1. The lowest BCUT2D eigenvalue weighted by atomic mass is 10.1. The zero-order chi connectivity index (χ0) is 16.3. The van der Waals surface area contributed by atoms with Gasteiger partial charge in [-0.15, -0.1) is 0 Å². The van der Waals surface area contributed by atoms with Gasteiger partial charge in [-0.1, -0.05) is 0 Å². The summed E-state index contributed by atoms with van der Waals surface area (Å²) >= 11 is 0. The van der Waals surface area contributed by atoms with Crippen LogP contribution < -0.4 is 5.32 Å². The van der Waals surface area contributed by atoms with Crippen molar-refractivity contribution in [2.75, 3.05) is 0 Å². The number of hydrogen-bond donors (Lipinski definition) is 4. The van der Waals surface area contributed by atoms with Crippen LogP contribution in [0.25, 0.3) is 0 Å². The minimum Gasteiger partial charge on any atom is -0.480 e. The Morgan fingerprint density at radius 1 is 1.45 bits per heavy atom. The second kappa shape index (κ2) is 6.44. The van der Waals surface area contributed by atoms with E-state index in [9.17, 15) is 18.0 Å². The Morgan fingerprint density at radius 3 is 2.68 bits per heavy atom. The van der Waals surface area contributed by atoms with Crippen molar-refractivity contribution in [3.63, 3.8) is 0 Å². The average Bonchev–Trinajstić information content (AvgIpc) is 3.08. The van der Waals surface area contributed by atoms with Gasteiger partial charge in [-0.3, -0.25) is 9.35 Å². The Balaban J connectivity index is 1.96. The highest BCUT2D eigenvalue weighted by Gasteiger charge is 2.37. The van der Waals surface area contributed by atoms with E-state index in [0.29, 0.717) is 12.1 Å². The fraction of sp³-hybridized carbons (Fsp3) is 0.583. The number of imidazole rings is 1. The van der Waals surface area contributed by atoms with Gasteiger partial charge in [-0.2, -0.15) is 8.42 Å². The number of carbonyl (C=O) groups excluding carboxylic acids is 1. The predicted molar refractivity (Wildman–Crippen MR) is 74.5 cm³/mol. The Kier molecular flexibility index (Phi) is 4.81. The largest absolute Gasteiger partial charge is 0.480 e. The molecule has 22 heavy (non-hydrogen) atoms. The van der Waals surface area contributed by atoms with Crippen LogP contribution in [-0.2, 0) is 26.1 Å². The summed E-state index contributed by atoms with van der Waals surface area (Å²) in [7, 11) is -4.16. The standard InChI is InChI=1S/C12H17N3O6S/c16-11(7-1-2-9(3-7)22(19,20)21)15-10(12(17)18)4-8-5-13-6-14-8/h5-7,9-10H,1-4H2,(H,13,14)(H,15,16)(H,17,18)(H,19,20,21)/t7-,9-,10-/m0/s1. The molecule has 1 aromatic heterocycles. The molecule has 2 rings (SSSR count). The van der Waals surface area contributed by atoms with Gasteiger partial charge in [-0.05, 0) is 19.3 Å². The van der Waals surface area contributed by atoms with Crippen molar-refractivity contribution in [1.82, 2.24) is 15.3 Å². The highest BCUT2D eigenvalue weighted by Crippen LogP contribution is 2.30. The van der Waals surface area contributed by atoms with E-state index in [2.05, 4.69) is 15.3 Å². The summed E-state index contributed by atoms with van der Waals surface area (Å²) in [6, 6.07) is -1.13. The Morgan fingerprint density at radius 2 is 2.18 bits per heavy atom. The van der Waals surface area contributed by atoms with Gasteiger partial charge < -0.3 is 15.4 Å². The fourth-order valence-electron chi connectivity index (χ4n) is 2.55. The van der Waals surface area contributed by atoms with Gasteiger partial charge in [0, 0.05) is 24.2 Å². The van der Waals surface area contributed by atoms with Gasteiger partial charge in [0.15, 0.2) is 0 Å². The molecule has 1 aliphatic rings. The van der Waals surface area contributed by atoms with Crippen molar-refractivity contribution < 1.29 is 27.7 Å². The van der Waals surface area contributed by atoms with Gasteiger partial charge in [0.2, 0.25) is 5.91 Å². The number of carbonyl (C=O) groups is 2. The molecule has 4 N–H and O–H groups in total. The van der Waals surface area contributed by atoms with E-state index in [0.717, 1.165) is 0 Å². The number of nitrogens with zero attached hydrogens (tertiary/aromatic N) is 1. The molecule has 0 radical (unpaired) electrons. The maximum absolute atomic E-state index is 12.1. The predicted octanol–water partition coefficient (Wildman–Crippen LogP) is -0.422. The minimum atomic E-state index is -4.16. The Bertz CT molecular complexity index is 642. The van der Waals surface area contributed by atoms with Crippen molar-refractivity contribution in [3.8, 4) is 0 Å². The van der Waals surface area contributed by atoms with Crippen molar-refractivity contribution in [2.24, 2.45) is 5.92 Å². The van der Waals surface area contributed by atoms with E-state index in [1.807, 2.05) is 0 Å². The molecule has 3 atom stereocenters. The van der Waals surface area contributed by atoms with Gasteiger partial charge in [0.25, 0.3) is 10.1 Å². The van der Waals surface area contributed by atoms with Gasteiger partial charge in [0.1, 0.15) is 6.04 Å². The third-order valence-electron chi connectivity index (χ3n) is 3.77. The Labute approximate surface area is 126 Å². The molecule has 122 valence electrons. The van der Waals surface area contributed by atoms with Gasteiger partial charge in [-0.25, -0.2) is 9.78 Å². The van der Waals surface area contributed by atoms with Crippen LogP contribution in [0.15, 0.2) is 12.5 Å². The van der Waals surface area contributed by atoms with Crippen molar-refractivity contribution >= 4 is 22.0 Å². The first-order chi connectivity index (χ1) is 10.3. The topological polar surface area (TPSA) is 149 Å². The number of aliphatic carboxylic acids is 1. The first-order valence-corrected chi connectivity index (χ1v) is 8.24. The van der Waals surface area contributed by atoms with Crippen LogP contribution in [-0.4, -0.2) is 51.2 Å². The van der Waals surface area contributed by atoms with Crippen molar-refractivity contribution in [1.29, 1.82) is 0 Å². The van der Waals surface area contributed by atoms with E-state index in [1.165, 1.54) is 12.5 Å². The molecule has 0 aliphatic heterocycles. The first-order valence-electron chi connectivity index (χ1n) is 6.74. The number of carboxylic acids is 1. The lowest BCUT2D eigenvalue weighted by molar-refractivity contribution is -0.142. The van der Waals surface area contributed by atoms with Crippen LogP contribution in [0.2, 0.25) is 0 Å². The second-order valence-electron chi connectivity index (χ2n) is 5.33. The number of amides is 1. The lowest BCUT2D eigenvalue weighted by Gasteiger charge is -2.17. The molecule has 1 saturated carbocycles. The molecule has 0 saturated heterocycles. The normalized spacial score (nSPS) is 23.1.